The molecule has 2 rings (SSSR count). The third kappa shape index (κ3) is 4.92. The molecular weight excluding hydrogens is 561 g/mol. The maximum absolute atomic E-state index is 15.4. The number of nitrogens with zero attached hydrogens (tertiary/aromatic N) is 2. The van der Waals surface area contributed by atoms with E-state index in [0.29, 0.717) is 0 Å². The summed E-state index contributed by atoms with van der Waals surface area (Å²) in [7, 11) is 0. The topological polar surface area (TPSA) is 95.5 Å². The third-order valence-corrected chi connectivity index (χ3v) is 4.66. The number of halogens is 12. The fraction of sp³-hybridized carbons (Fsp3) is 0.250. The molecule has 192 valence electrons. The molecule has 0 radical (unpaired) electrons. The van der Waals surface area contributed by atoms with E-state index in [1.165, 1.54) is 0 Å². The lowest BCUT2D eigenvalue weighted by atomic mass is 10.0. The molecule has 0 spiro atoms. The Hall–Kier alpha value is -2.92. The van der Waals surface area contributed by atoms with Gasteiger partial charge in [-0.1, -0.05) is 0 Å². The van der Waals surface area contributed by atoms with E-state index in [1.54, 1.807) is 0 Å². The first kappa shape index (κ1) is 28.3. The molecule has 0 fully saturated rings. The van der Waals surface area contributed by atoms with Gasteiger partial charge in [-0.2, -0.15) is 35.1 Å². The van der Waals surface area contributed by atoms with E-state index in [9.17, 15) is 55.4 Å². The van der Waals surface area contributed by atoms with Crippen LogP contribution in [0, 0.1) is 43.5 Å². The molecule has 2 aromatic carbocycles. The minimum absolute atomic E-state index is 0.601. The summed E-state index contributed by atoms with van der Waals surface area (Å²) in [5, 5.41) is 9.88. The average molecular weight is 565 g/mol. The van der Waals surface area contributed by atoms with Crippen LogP contribution in [0.2, 0.25) is 0 Å². The van der Waals surface area contributed by atoms with Crippen molar-refractivity contribution in [3.8, 4) is 0 Å². The molecule has 0 aromatic heterocycles. The Labute approximate surface area is 195 Å². The highest BCUT2D eigenvalue weighted by Gasteiger charge is 2.69. The zero-order chi connectivity index (χ0) is 27.3. The van der Waals surface area contributed by atoms with Crippen molar-refractivity contribution >= 4 is 34.6 Å². The molecule has 0 heterocycles. The Kier molecular flexibility index (Phi) is 7.23. The molecule has 0 saturated carbocycles. The van der Waals surface area contributed by atoms with Gasteiger partial charge in [-0.05, 0) is 23.2 Å². The van der Waals surface area contributed by atoms with E-state index in [1.807, 2.05) is 0 Å². The second-order valence-electron chi connectivity index (χ2n) is 6.37. The first-order chi connectivity index (χ1) is 15.7. The Morgan fingerprint density at radius 2 is 0.914 bits per heavy atom. The monoisotopic (exact) mass is 564 g/mol. The van der Waals surface area contributed by atoms with Crippen molar-refractivity contribution in [3.63, 3.8) is 0 Å². The van der Waals surface area contributed by atoms with Crippen molar-refractivity contribution in [1.29, 1.82) is 0 Å². The van der Waals surface area contributed by atoms with Crippen LogP contribution in [0.4, 0.5) is 55.3 Å². The molecule has 0 aliphatic carbocycles. The number of alkyl halides is 8. The smallest absolute Gasteiger partial charge is 0.289 e. The highest BCUT2D eigenvalue weighted by Crippen LogP contribution is 2.56. The van der Waals surface area contributed by atoms with Crippen LogP contribution in [0.3, 0.4) is 0 Å². The summed E-state index contributed by atoms with van der Waals surface area (Å²) >= 11 is 8.86. The van der Waals surface area contributed by atoms with E-state index in [0.717, 1.165) is 0 Å². The zero-order valence-electron chi connectivity index (χ0n) is 15.8. The summed E-state index contributed by atoms with van der Waals surface area (Å²) in [6.07, 6.45) is 0. The molecule has 0 amide bonds. The van der Waals surface area contributed by atoms with Crippen molar-refractivity contribution in [2.75, 3.05) is 0 Å². The van der Waals surface area contributed by atoms with Crippen LogP contribution >= 0.6 is 23.2 Å². The standard InChI is InChI=1S/C16H4Cl2F10N2O5/c17-15(25,26)13(23,5-1-11(29(31)32)9(21)3-7(5)19)35-14(24,16(18,27)28)6-2-12(30(33)34)10(22)4-8(6)20/h1-4H. The van der Waals surface area contributed by atoms with E-state index >= 15 is 8.78 Å². The lowest BCUT2D eigenvalue weighted by Crippen LogP contribution is -2.51. The van der Waals surface area contributed by atoms with Crippen molar-refractivity contribution in [1.82, 2.24) is 0 Å². The molecule has 0 saturated heterocycles. The second-order valence-corrected chi connectivity index (χ2v) is 7.32. The largest absolute Gasteiger partial charge is 0.384 e. The van der Waals surface area contributed by atoms with E-state index in [2.05, 4.69) is 27.9 Å². The average Bonchev–Trinajstić information content (AvgIpc) is 2.65. The summed E-state index contributed by atoms with van der Waals surface area (Å²) in [6, 6.07) is -2.54. The maximum Gasteiger partial charge on any atom is 0.384 e. The zero-order valence-corrected chi connectivity index (χ0v) is 17.3. The van der Waals surface area contributed by atoms with Gasteiger partial charge in [-0.25, -0.2) is 8.78 Å². The van der Waals surface area contributed by atoms with Crippen molar-refractivity contribution in [3.05, 3.63) is 78.9 Å². The second kappa shape index (κ2) is 8.94. The molecule has 2 unspecified atom stereocenters. The van der Waals surface area contributed by atoms with Crippen LogP contribution in [0.5, 0.6) is 0 Å². The molecule has 0 aliphatic rings. The quantitative estimate of drug-likeness (QED) is 0.154. The predicted molar refractivity (Wildman–Crippen MR) is 94.3 cm³/mol. The summed E-state index contributed by atoms with van der Waals surface area (Å²) in [5.74, 6) is -20.8. The van der Waals surface area contributed by atoms with E-state index in [4.69, 9.17) is 0 Å². The Bertz CT molecular complexity index is 1120. The number of benzene rings is 2. The van der Waals surface area contributed by atoms with Crippen molar-refractivity contribution in [2.45, 2.75) is 22.5 Å². The highest BCUT2D eigenvalue weighted by molar-refractivity contribution is 6.23. The van der Waals surface area contributed by atoms with Gasteiger partial charge < -0.3 is 0 Å². The van der Waals surface area contributed by atoms with Gasteiger partial charge in [0, 0.05) is 24.3 Å². The molecule has 0 bridgehead atoms. The molecule has 0 N–H and O–H groups in total. The fourth-order valence-electron chi connectivity index (χ4n) is 2.57. The van der Waals surface area contributed by atoms with Crippen molar-refractivity contribution in [2.24, 2.45) is 0 Å². The SMILES string of the molecule is O=[N+]([O-])c1cc(C(F)(OC(F)(c2cc([N+](=O)[O-])c(F)cc2F)C(F)(F)Cl)C(F)(F)Cl)c(F)cc1F. The molecule has 2 atom stereocenters. The predicted octanol–water partition coefficient (Wildman–Crippen LogP) is 6.68. The third-order valence-electron chi connectivity index (χ3n) is 4.17. The van der Waals surface area contributed by atoms with Crippen LogP contribution in [0.25, 0.3) is 0 Å². The maximum atomic E-state index is 15.4. The van der Waals surface area contributed by atoms with Gasteiger partial charge in [0.2, 0.25) is 11.6 Å². The van der Waals surface area contributed by atoms with Gasteiger partial charge >= 0.3 is 33.8 Å². The number of rotatable bonds is 8. The van der Waals surface area contributed by atoms with Gasteiger partial charge in [0.05, 0.1) is 21.0 Å². The number of hydrogen-bond acceptors (Lipinski definition) is 5. The van der Waals surface area contributed by atoms with Gasteiger partial charge in [0.1, 0.15) is 11.6 Å². The lowest BCUT2D eigenvalue weighted by molar-refractivity contribution is -0.391. The van der Waals surface area contributed by atoms with Gasteiger partial charge in [0.15, 0.2) is 0 Å². The van der Waals surface area contributed by atoms with Crippen molar-refractivity contribution < 1.29 is 58.5 Å². The van der Waals surface area contributed by atoms with E-state index in [-0.39, 0.29) is 0 Å². The minimum Gasteiger partial charge on any atom is -0.289 e. The Morgan fingerprint density at radius 3 is 1.14 bits per heavy atom. The minimum atomic E-state index is -5.86. The highest BCUT2D eigenvalue weighted by atomic mass is 35.5. The van der Waals surface area contributed by atoms with Gasteiger partial charge in [-0.15, -0.1) is 0 Å². The van der Waals surface area contributed by atoms with Crippen LogP contribution in [0.1, 0.15) is 11.1 Å². The van der Waals surface area contributed by atoms with Crippen LogP contribution in [-0.2, 0) is 16.4 Å². The molecule has 7 nitrogen and oxygen atoms in total. The van der Waals surface area contributed by atoms with Gasteiger partial charge in [-0.3, -0.25) is 25.0 Å². The number of nitro benzene ring substituents is 2. The van der Waals surface area contributed by atoms with E-state index < -0.39 is 102 Å². The fourth-order valence-corrected chi connectivity index (χ4v) is 2.85. The molecule has 0 aliphatic heterocycles. The molecule has 19 heteroatoms. The normalized spacial score (nSPS) is 15.9. The first-order valence-corrected chi connectivity index (χ1v) is 8.92. The summed E-state index contributed by atoms with van der Waals surface area (Å²) in [6.45, 7) is 0. The van der Waals surface area contributed by atoms with Crippen LogP contribution < -0.4 is 0 Å². The lowest BCUT2D eigenvalue weighted by Gasteiger charge is -2.38. The first-order valence-electron chi connectivity index (χ1n) is 8.16. The summed E-state index contributed by atoms with van der Waals surface area (Å²) < 4.78 is 146. The molecule has 2 aromatic rings. The molecular formula is C16H4Cl2F10N2O5. The summed E-state index contributed by atoms with van der Waals surface area (Å²) in [5.41, 5.74) is -9.02. The molecule has 35 heavy (non-hydrogen) atoms. The van der Waals surface area contributed by atoms with Crippen LogP contribution in [-0.4, -0.2) is 20.6 Å². The van der Waals surface area contributed by atoms with Gasteiger partial charge in [0.25, 0.3) is 0 Å². The Balaban J connectivity index is 2.94. The summed E-state index contributed by atoms with van der Waals surface area (Å²) in [4.78, 5) is 18.1. The van der Waals surface area contributed by atoms with Crippen LogP contribution in [0.15, 0.2) is 24.3 Å². The Morgan fingerprint density at radius 1 is 0.629 bits per heavy atom. The number of hydrogen-bond donors (Lipinski definition) is 0. The number of ether oxygens (including phenoxy) is 1. The number of nitro groups is 2.